The average Bonchev–Trinajstić information content (AvgIpc) is 2.28. The molecule has 16 heavy (non-hydrogen) atoms. The van der Waals surface area contributed by atoms with E-state index in [-0.39, 0.29) is 11.2 Å². The fraction of sp³-hybridized carbons (Fsp3) is 0.417. The van der Waals surface area contributed by atoms with Gasteiger partial charge in [-0.2, -0.15) is 0 Å². The van der Waals surface area contributed by atoms with Crippen LogP contribution >= 0.6 is 11.8 Å². The van der Waals surface area contributed by atoms with E-state index in [9.17, 15) is 4.79 Å². The van der Waals surface area contributed by atoms with Crippen LogP contribution in [0, 0.1) is 0 Å². The van der Waals surface area contributed by atoms with Gasteiger partial charge in [-0.15, -0.1) is 11.8 Å². The first kappa shape index (κ1) is 13.1. The monoisotopic (exact) mass is 238 g/mol. The van der Waals surface area contributed by atoms with Gasteiger partial charge in [0.2, 0.25) is 5.91 Å². The molecule has 0 saturated heterocycles. The second kappa shape index (κ2) is 5.92. The van der Waals surface area contributed by atoms with Crippen molar-refractivity contribution in [3.63, 3.8) is 0 Å². The summed E-state index contributed by atoms with van der Waals surface area (Å²) in [5.41, 5.74) is 6.45. The van der Waals surface area contributed by atoms with Crippen LogP contribution in [-0.4, -0.2) is 18.2 Å². The summed E-state index contributed by atoms with van der Waals surface area (Å²) in [7, 11) is 1.93. The van der Waals surface area contributed by atoms with Crippen LogP contribution in [0.3, 0.4) is 0 Å². The molecule has 1 aromatic rings. The molecule has 0 heterocycles. The zero-order valence-corrected chi connectivity index (χ0v) is 10.7. The Morgan fingerprint density at radius 2 is 1.88 bits per heavy atom. The van der Waals surface area contributed by atoms with Gasteiger partial charge in [-0.25, -0.2) is 0 Å². The van der Waals surface area contributed by atoms with Crippen LogP contribution in [0.5, 0.6) is 0 Å². The third-order valence-electron chi connectivity index (χ3n) is 2.53. The number of thioether (sulfide) groups is 1. The van der Waals surface area contributed by atoms with Gasteiger partial charge in [0, 0.05) is 10.9 Å². The van der Waals surface area contributed by atoms with Crippen LogP contribution in [0.4, 0.5) is 0 Å². The number of carbonyl (C=O) groups excluding carboxylic acids is 1. The van der Waals surface area contributed by atoms with Crippen molar-refractivity contribution < 1.29 is 4.79 Å². The highest BCUT2D eigenvalue weighted by Crippen LogP contribution is 2.24. The molecule has 0 radical (unpaired) electrons. The number of primary amides is 1. The van der Waals surface area contributed by atoms with Gasteiger partial charge < -0.3 is 11.1 Å². The number of nitrogens with two attached hydrogens (primary N) is 1. The van der Waals surface area contributed by atoms with Crippen molar-refractivity contribution in [3.8, 4) is 0 Å². The Hall–Kier alpha value is -1.00. The van der Waals surface area contributed by atoms with Gasteiger partial charge in [0.1, 0.15) is 0 Å². The highest BCUT2D eigenvalue weighted by atomic mass is 32.2. The van der Waals surface area contributed by atoms with Gasteiger partial charge in [0.15, 0.2) is 0 Å². The molecule has 1 rings (SSSR count). The van der Waals surface area contributed by atoms with Crippen LogP contribution in [-0.2, 0) is 4.79 Å². The van der Waals surface area contributed by atoms with E-state index in [1.54, 1.807) is 0 Å². The molecule has 0 fully saturated rings. The number of hydrogen-bond acceptors (Lipinski definition) is 3. The lowest BCUT2D eigenvalue weighted by Gasteiger charge is -2.12. The molecule has 0 aliphatic heterocycles. The molecule has 0 saturated carbocycles. The first-order valence-electron chi connectivity index (χ1n) is 5.27. The number of nitrogens with one attached hydrogen (secondary N) is 1. The lowest BCUT2D eigenvalue weighted by molar-refractivity contribution is -0.117. The number of benzene rings is 1. The highest BCUT2D eigenvalue weighted by molar-refractivity contribution is 8.00. The van der Waals surface area contributed by atoms with Crippen molar-refractivity contribution in [1.82, 2.24) is 5.32 Å². The topological polar surface area (TPSA) is 55.1 Å². The number of amides is 1. The summed E-state index contributed by atoms with van der Waals surface area (Å²) >= 11 is 1.48. The second-order valence-corrected chi connectivity index (χ2v) is 5.16. The molecule has 88 valence electrons. The molecular weight excluding hydrogens is 220 g/mol. The Balaban J connectivity index is 2.68. The normalized spacial score (nSPS) is 14.4. The summed E-state index contributed by atoms with van der Waals surface area (Å²) in [6, 6.07) is 8.52. The SMILES string of the molecule is CNC(C)c1ccc(SC(C)C(N)=O)cc1. The molecule has 0 aliphatic carbocycles. The predicted molar refractivity (Wildman–Crippen MR) is 68.4 cm³/mol. The van der Waals surface area contributed by atoms with Crippen LogP contribution in [0.2, 0.25) is 0 Å². The zero-order valence-electron chi connectivity index (χ0n) is 9.86. The van der Waals surface area contributed by atoms with Crippen molar-refractivity contribution in [2.45, 2.75) is 30.0 Å². The second-order valence-electron chi connectivity index (χ2n) is 3.74. The average molecular weight is 238 g/mol. The van der Waals surface area contributed by atoms with E-state index in [0.717, 1.165) is 4.90 Å². The molecule has 2 unspecified atom stereocenters. The lowest BCUT2D eigenvalue weighted by Crippen LogP contribution is -2.22. The third-order valence-corrected chi connectivity index (χ3v) is 3.66. The fourth-order valence-electron chi connectivity index (χ4n) is 1.26. The first-order valence-corrected chi connectivity index (χ1v) is 6.15. The van der Waals surface area contributed by atoms with E-state index in [4.69, 9.17) is 5.73 Å². The minimum atomic E-state index is -0.280. The Morgan fingerprint density at radius 1 is 1.31 bits per heavy atom. The Bertz CT molecular complexity index is 351. The van der Waals surface area contributed by atoms with E-state index in [1.807, 2.05) is 26.1 Å². The number of hydrogen-bond donors (Lipinski definition) is 2. The maximum absolute atomic E-state index is 10.9. The predicted octanol–water partition coefficient (Wildman–Crippen LogP) is 1.93. The third kappa shape index (κ3) is 3.54. The number of carbonyl (C=O) groups is 1. The smallest absolute Gasteiger partial charge is 0.230 e. The molecule has 0 aromatic heterocycles. The van der Waals surface area contributed by atoms with Crippen molar-refractivity contribution >= 4 is 17.7 Å². The van der Waals surface area contributed by atoms with Crippen LogP contribution in [0.25, 0.3) is 0 Å². The van der Waals surface area contributed by atoms with E-state index in [1.165, 1.54) is 17.3 Å². The van der Waals surface area contributed by atoms with Gasteiger partial charge >= 0.3 is 0 Å². The molecule has 4 heteroatoms. The summed E-state index contributed by atoms with van der Waals surface area (Å²) in [4.78, 5) is 12.0. The van der Waals surface area contributed by atoms with E-state index >= 15 is 0 Å². The molecule has 3 nitrogen and oxygen atoms in total. The van der Waals surface area contributed by atoms with Gasteiger partial charge in [-0.1, -0.05) is 12.1 Å². The highest BCUT2D eigenvalue weighted by Gasteiger charge is 2.10. The van der Waals surface area contributed by atoms with Crippen molar-refractivity contribution in [1.29, 1.82) is 0 Å². The maximum atomic E-state index is 10.9. The van der Waals surface area contributed by atoms with Crippen LogP contribution in [0.1, 0.15) is 25.5 Å². The summed E-state index contributed by atoms with van der Waals surface area (Å²) in [5, 5.41) is 2.99. The molecule has 1 aromatic carbocycles. The minimum Gasteiger partial charge on any atom is -0.369 e. The lowest BCUT2D eigenvalue weighted by atomic mass is 10.1. The Morgan fingerprint density at radius 3 is 2.31 bits per heavy atom. The van der Waals surface area contributed by atoms with E-state index < -0.39 is 0 Å². The van der Waals surface area contributed by atoms with Crippen LogP contribution in [0.15, 0.2) is 29.2 Å². The molecule has 0 aliphatic rings. The van der Waals surface area contributed by atoms with Crippen molar-refractivity contribution in [3.05, 3.63) is 29.8 Å². The number of rotatable bonds is 5. The molecule has 0 spiro atoms. The molecular formula is C12H18N2OS. The van der Waals surface area contributed by atoms with Crippen LogP contribution < -0.4 is 11.1 Å². The van der Waals surface area contributed by atoms with Crippen molar-refractivity contribution in [2.75, 3.05) is 7.05 Å². The summed E-state index contributed by atoms with van der Waals surface area (Å²) in [6.07, 6.45) is 0. The quantitative estimate of drug-likeness (QED) is 0.771. The summed E-state index contributed by atoms with van der Waals surface area (Å²) in [6.45, 7) is 3.92. The Labute approximate surface area is 101 Å². The maximum Gasteiger partial charge on any atom is 0.230 e. The van der Waals surface area contributed by atoms with Gasteiger partial charge in [-0.05, 0) is 38.6 Å². The molecule has 1 amide bonds. The van der Waals surface area contributed by atoms with E-state index in [0.29, 0.717) is 6.04 Å². The molecule has 2 atom stereocenters. The van der Waals surface area contributed by atoms with Gasteiger partial charge in [0.05, 0.1) is 5.25 Å². The molecule has 3 N–H and O–H groups in total. The van der Waals surface area contributed by atoms with Gasteiger partial charge in [-0.3, -0.25) is 4.79 Å². The standard InChI is InChI=1S/C12H18N2OS/c1-8(14-3)10-4-6-11(7-5-10)16-9(2)12(13)15/h4-9,14H,1-3H3,(H2,13,15). The zero-order chi connectivity index (χ0) is 12.1. The molecule has 0 bridgehead atoms. The van der Waals surface area contributed by atoms with E-state index in [2.05, 4.69) is 24.4 Å². The van der Waals surface area contributed by atoms with Gasteiger partial charge in [0.25, 0.3) is 0 Å². The Kier molecular flexibility index (Phi) is 4.83. The fourth-order valence-corrected chi connectivity index (χ4v) is 2.08. The summed E-state index contributed by atoms with van der Waals surface area (Å²) < 4.78 is 0. The largest absolute Gasteiger partial charge is 0.369 e. The van der Waals surface area contributed by atoms with Crippen molar-refractivity contribution in [2.24, 2.45) is 5.73 Å². The minimum absolute atomic E-state index is 0.187. The summed E-state index contributed by atoms with van der Waals surface area (Å²) in [5.74, 6) is -0.280. The first-order chi connectivity index (χ1) is 7.54.